The van der Waals surface area contributed by atoms with Crippen LogP contribution in [0.4, 0.5) is 0 Å². The molecule has 0 spiro atoms. The number of methoxy groups -OCH3 is 2. The zero-order chi connectivity index (χ0) is 19.5. The summed E-state index contributed by atoms with van der Waals surface area (Å²) in [5.74, 6) is 3.13. The number of benzene rings is 2. The van der Waals surface area contributed by atoms with Gasteiger partial charge in [-0.25, -0.2) is 5.09 Å². The van der Waals surface area contributed by atoms with Crippen molar-refractivity contribution in [1.29, 1.82) is 0 Å². The van der Waals surface area contributed by atoms with E-state index >= 15 is 0 Å². The topological polar surface area (TPSA) is 56.8 Å². The third-order valence-corrected chi connectivity index (χ3v) is 5.61. The van der Waals surface area contributed by atoms with E-state index in [2.05, 4.69) is 5.09 Å². The first-order valence-corrected chi connectivity index (χ1v) is 10.4. The van der Waals surface area contributed by atoms with Crippen molar-refractivity contribution in [2.45, 2.75) is 13.5 Å². The molecule has 0 aromatic heterocycles. The fourth-order valence-electron chi connectivity index (χ4n) is 2.42. The number of nitrogens with one attached hydrogen (secondary N) is 1. The van der Waals surface area contributed by atoms with Gasteiger partial charge in [-0.3, -0.25) is 4.57 Å². The second kappa shape index (κ2) is 10.7. The van der Waals surface area contributed by atoms with Gasteiger partial charge in [0.15, 0.2) is 0 Å². The van der Waals surface area contributed by atoms with Crippen molar-refractivity contribution in [1.82, 2.24) is 5.09 Å². The van der Waals surface area contributed by atoms with Gasteiger partial charge in [0.2, 0.25) is 0 Å². The zero-order valence-corrected chi connectivity index (χ0v) is 16.8. The smallest absolute Gasteiger partial charge is 0.292 e. The minimum Gasteiger partial charge on any atom is -0.497 e. The van der Waals surface area contributed by atoms with E-state index in [4.69, 9.17) is 14.0 Å². The Bertz CT molecular complexity index is 815. The van der Waals surface area contributed by atoms with Gasteiger partial charge in [-0.1, -0.05) is 48.6 Å². The number of allylic oxidation sites excluding steroid dienone is 2. The average Bonchev–Trinajstić information content (AvgIpc) is 2.70. The van der Waals surface area contributed by atoms with Crippen LogP contribution in [0.25, 0.3) is 6.08 Å². The van der Waals surface area contributed by atoms with E-state index in [1.165, 1.54) is 0 Å². The lowest BCUT2D eigenvalue weighted by Gasteiger charge is -2.16. The maximum atomic E-state index is 13.0. The van der Waals surface area contributed by atoms with Gasteiger partial charge in [-0.05, 0) is 30.7 Å². The molecule has 2 rings (SSSR count). The monoisotopic (exact) mass is 387 g/mol. The van der Waals surface area contributed by atoms with E-state index in [1.54, 1.807) is 26.1 Å². The fraction of sp³-hybridized carbons (Fsp3) is 0.238. The lowest BCUT2D eigenvalue weighted by atomic mass is 10.2. The molecular formula is C21H26NO4P. The van der Waals surface area contributed by atoms with Crippen LogP contribution in [-0.2, 0) is 15.6 Å². The van der Waals surface area contributed by atoms with E-state index in [9.17, 15) is 4.57 Å². The summed E-state index contributed by atoms with van der Waals surface area (Å²) in [5, 5.41) is 3.02. The Hall–Kier alpha value is -2.33. The minimum atomic E-state index is -3.11. The molecule has 0 aliphatic rings. The normalized spacial score (nSPS) is 13.7. The van der Waals surface area contributed by atoms with Gasteiger partial charge in [0.25, 0.3) is 7.52 Å². The quantitative estimate of drug-likeness (QED) is 0.446. The van der Waals surface area contributed by atoms with Crippen molar-refractivity contribution in [2.75, 3.05) is 20.8 Å². The molecule has 0 bridgehead atoms. The molecule has 1 unspecified atom stereocenters. The van der Waals surface area contributed by atoms with Crippen molar-refractivity contribution < 1.29 is 18.6 Å². The van der Waals surface area contributed by atoms with Crippen LogP contribution < -0.4 is 14.6 Å². The van der Waals surface area contributed by atoms with Crippen LogP contribution in [-0.4, -0.2) is 20.8 Å². The Kier molecular flexibility index (Phi) is 8.34. The molecule has 2 aromatic rings. The predicted octanol–water partition coefficient (Wildman–Crippen LogP) is 5.25. The lowest BCUT2D eigenvalue weighted by molar-refractivity contribution is 0.331. The van der Waals surface area contributed by atoms with Gasteiger partial charge < -0.3 is 14.0 Å². The molecule has 6 heteroatoms. The Morgan fingerprint density at radius 1 is 1.00 bits per heavy atom. The molecule has 1 atom stereocenters. The second-order valence-corrected chi connectivity index (χ2v) is 7.70. The number of hydrogen-bond donors (Lipinski definition) is 1. The van der Waals surface area contributed by atoms with Crippen LogP contribution in [0, 0.1) is 0 Å². The van der Waals surface area contributed by atoms with Gasteiger partial charge in [0, 0.05) is 17.9 Å². The number of hydrogen-bond acceptors (Lipinski definition) is 4. The molecule has 0 aliphatic carbocycles. The molecule has 0 amide bonds. The Balaban J connectivity index is 2.02. The highest BCUT2D eigenvalue weighted by Gasteiger charge is 2.18. The maximum absolute atomic E-state index is 13.0. The molecule has 0 radical (unpaired) electrons. The first kappa shape index (κ1) is 21.0. The summed E-state index contributed by atoms with van der Waals surface area (Å²) in [6, 6.07) is 15.3. The van der Waals surface area contributed by atoms with E-state index in [1.807, 2.05) is 67.6 Å². The first-order valence-electron chi connectivity index (χ1n) is 8.71. The lowest BCUT2D eigenvalue weighted by Crippen LogP contribution is -2.11. The summed E-state index contributed by atoms with van der Waals surface area (Å²) in [6.07, 6.45) is 5.49. The molecule has 1 N–H and O–H groups in total. The van der Waals surface area contributed by atoms with Gasteiger partial charge >= 0.3 is 0 Å². The molecule has 0 saturated heterocycles. The largest absolute Gasteiger partial charge is 0.497 e. The van der Waals surface area contributed by atoms with E-state index in [0.717, 1.165) is 22.6 Å². The van der Waals surface area contributed by atoms with Crippen molar-refractivity contribution in [2.24, 2.45) is 0 Å². The number of ether oxygens (including phenoxy) is 2. The second-order valence-electron chi connectivity index (χ2n) is 5.64. The molecule has 0 aliphatic heterocycles. The van der Waals surface area contributed by atoms with Gasteiger partial charge in [-0.2, -0.15) is 0 Å². The minimum absolute atomic E-state index is 0.350. The summed E-state index contributed by atoms with van der Waals surface area (Å²) in [5.41, 5.74) is 1.94. The van der Waals surface area contributed by atoms with Gasteiger partial charge in [0.05, 0.1) is 20.8 Å². The molecule has 0 heterocycles. The van der Waals surface area contributed by atoms with Crippen LogP contribution in [0.5, 0.6) is 11.5 Å². The van der Waals surface area contributed by atoms with Gasteiger partial charge in [-0.15, -0.1) is 0 Å². The van der Waals surface area contributed by atoms with E-state index in [-0.39, 0.29) is 0 Å². The standard InChI is InChI=1S/C21H26NO4P/c1-4-26-27(23,22-17-19-10-5-6-11-21(19)25-3)16-8-7-9-18-12-14-20(24-2)15-13-18/h5-16H,4,17H2,1-3H3,(H,22,23)/b9-7+,16-8+. The molecule has 0 fully saturated rings. The molecule has 27 heavy (non-hydrogen) atoms. The van der Waals surface area contributed by atoms with Crippen LogP contribution in [0.1, 0.15) is 18.1 Å². The van der Waals surface area contributed by atoms with Crippen LogP contribution in [0.3, 0.4) is 0 Å². The van der Waals surface area contributed by atoms with Crippen molar-refractivity contribution >= 4 is 13.6 Å². The van der Waals surface area contributed by atoms with Crippen molar-refractivity contribution in [3.63, 3.8) is 0 Å². The van der Waals surface area contributed by atoms with Crippen LogP contribution in [0.15, 0.2) is 66.5 Å². The third kappa shape index (κ3) is 6.72. The third-order valence-electron chi connectivity index (χ3n) is 3.80. The first-order chi connectivity index (χ1) is 13.1. The Morgan fingerprint density at radius 3 is 2.41 bits per heavy atom. The summed E-state index contributed by atoms with van der Waals surface area (Å²) < 4.78 is 28.9. The molecule has 5 nitrogen and oxygen atoms in total. The highest BCUT2D eigenvalue weighted by Crippen LogP contribution is 2.44. The van der Waals surface area contributed by atoms with Gasteiger partial charge in [0.1, 0.15) is 11.5 Å². The van der Waals surface area contributed by atoms with Crippen molar-refractivity contribution in [3.05, 3.63) is 77.6 Å². The van der Waals surface area contributed by atoms with E-state index in [0.29, 0.717) is 13.2 Å². The maximum Gasteiger partial charge on any atom is 0.292 e. The molecule has 144 valence electrons. The van der Waals surface area contributed by atoms with Crippen molar-refractivity contribution in [3.8, 4) is 11.5 Å². The van der Waals surface area contributed by atoms with Crippen LogP contribution in [0.2, 0.25) is 0 Å². The highest BCUT2D eigenvalue weighted by atomic mass is 31.2. The summed E-state index contributed by atoms with van der Waals surface area (Å²) in [7, 11) is 0.145. The predicted molar refractivity (Wildman–Crippen MR) is 110 cm³/mol. The Labute approximate surface area is 161 Å². The molecule has 2 aromatic carbocycles. The Morgan fingerprint density at radius 2 is 1.74 bits per heavy atom. The average molecular weight is 387 g/mol. The fourth-order valence-corrected chi connectivity index (χ4v) is 3.81. The number of para-hydroxylation sites is 1. The van der Waals surface area contributed by atoms with Crippen LogP contribution >= 0.6 is 7.52 Å². The van der Waals surface area contributed by atoms with E-state index < -0.39 is 7.52 Å². The molecular weight excluding hydrogens is 361 g/mol. The summed E-state index contributed by atoms with van der Waals surface area (Å²) >= 11 is 0. The molecule has 0 saturated carbocycles. The highest BCUT2D eigenvalue weighted by molar-refractivity contribution is 7.60. The summed E-state index contributed by atoms with van der Waals surface area (Å²) in [4.78, 5) is 0. The number of rotatable bonds is 10. The SMILES string of the molecule is CCOP(=O)(/C=C/C=C/c1ccc(OC)cc1)NCc1ccccc1OC. The zero-order valence-electron chi connectivity index (χ0n) is 15.9. The summed E-state index contributed by atoms with van der Waals surface area (Å²) in [6.45, 7) is 2.55.